The zero-order valence-corrected chi connectivity index (χ0v) is 11.3. The summed E-state index contributed by atoms with van der Waals surface area (Å²) in [5, 5.41) is 0. The Morgan fingerprint density at radius 2 is 2.18 bits per heavy atom. The normalized spacial score (nSPS) is 36.0. The predicted molar refractivity (Wildman–Crippen MR) is 68.0 cm³/mol. The van der Waals surface area contributed by atoms with E-state index < -0.39 is 0 Å². The molecule has 0 amide bonds. The van der Waals surface area contributed by atoms with Gasteiger partial charge in [0, 0.05) is 24.7 Å². The van der Waals surface area contributed by atoms with E-state index in [0.717, 1.165) is 32.6 Å². The van der Waals surface area contributed by atoms with Crippen molar-refractivity contribution in [1.29, 1.82) is 0 Å². The fourth-order valence-electron chi connectivity index (χ4n) is 3.08. The number of hydrogen-bond acceptors (Lipinski definition) is 4. The van der Waals surface area contributed by atoms with Gasteiger partial charge < -0.3 is 15.2 Å². The maximum Gasteiger partial charge on any atom is 0.0747 e. The molecule has 2 aliphatic heterocycles. The highest BCUT2D eigenvalue weighted by atomic mass is 16.5. The minimum atomic E-state index is 0.0669. The van der Waals surface area contributed by atoms with Crippen molar-refractivity contribution >= 4 is 0 Å². The van der Waals surface area contributed by atoms with Gasteiger partial charge in [0.25, 0.3) is 0 Å². The Morgan fingerprint density at radius 3 is 2.71 bits per heavy atom. The highest BCUT2D eigenvalue weighted by Crippen LogP contribution is 2.29. The van der Waals surface area contributed by atoms with E-state index in [1.54, 1.807) is 0 Å². The van der Waals surface area contributed by atoms with Crippen LogP contribution in [-0.2, 0) is 9.47 Å². The average molecular weight is 242 g/mol. The molecule has 0 aromatic carbocycles. The topological polar surface area (TPSA) is 47.7 Å². The van der Waals surface area contributed by atoms with Crippen LogP contribution in [-0.4, -0.2) is 55.0 Å². The lowest BCUT2D eigenvalue weighted by Crippen LogP contribution is -2.62. The Balaban J connectivity index is 2.06. The Bertz CT molecular complexity index is 258. The minimum absolute atomic E-state index is 0.0669. The first-order chi connectivity index (χ1) is 8.04. The number of nitrogens with zero attached hydrogens (tertiary/aromatic N) is 1. The molecule has 0 saturated carbocycles. The predicted octanol–water partition coefficient (Wildman–Crippen LogP) is 0.992. The molecular formula is C13H26N2O2. The molecular weight excluding hydrogens is 216 g/mol. The summed E-state index contributed by atoms with van der Waals surface area (Å²) in [6.45, 7) is 9.83. The van der Waals surface area contributed by atoms with Gasteiger partial charge in [-0.3, -0.25) is 4.90 Å². The Hall–Kier alpha value is -0.160. The Morgan fingerprint density at radius 1 is 1.41 bits per heavy atom. The lowest BCUT2D eigenvalue weighted by Gasteiger charge is -2.47. The smallest absolute Gasteiger partial charge is 0.0747 e. The van der Waals surface area contributed by atoms with E-state index in [1.807, 2.05) is 0 Å². The number of nitrogens with two attached hydrogens (primary N) is 1. The van der Waals surface area contributed by atoms with Gasteiger partial charge in [-0.1, -0.05) is 0 Å². The van der Waals surface area contributed by atoms with Gasteiger partial charge in [0.15, 0.2) is 0 Å². The van der Waals surface area contributed by atoms with Crippen molar-refractivity contribution in [1.82, 2.24) is 4.90 Å². The largest absolute Gasteiger partial charge is 0.378 e. The van der Waals surface area contributed by atoms with Gasteiger partial charge in [-0.2, -0.15) is 0 Å². The van der Waals surface area contributed by atoms with Crippen LogP contribution in [0.4, 0.5) is 0 Å². The molecule has 0 radical (unpaired) electrons. The second kappa shape index (κ2) is 5.22. The van der Waals surface area contributed by atoms with E-state index in [2.05, 4.69) is 25.7 Å². The molecule has 0 bridgehead atoms. The van der Waals surface area contributed by atoms with Crippen molar-refractivity contribution in [3.63, 3.8) is 0 Å². The summed E-state index contributed by atoms with van der Waals surface area (Å²) in [4.78, 5) is 2.49. The molecule has 4 heteroatoms. The van der Waals surface area contributed by atoms with E-state index in [-0.39, 0.29) is 5.54 Å². The lowest BCUT2D eigenvalue weighted by atomic mass is 9.96. The minimum Gasteiger partial charge on any atom is -0.378 e. The van der Waals surface area contributed by atoms with Crippen LogP contribution >= 0.6 is 0 Å². The molecule has 17 heavy (non-hydrogen) atoms. The zero-order chi connectivity index (χ0) is 12.5. The lowest BCUT2D eigenvalue weighted by molar-refractivity contribution is -0.102. The average Bonchev–Trinajstić information content (AvgIpc) is 2.68. The first-order valence-corrected chi connectivity index (χ1v) is 6.74. The Kier molecular flexibility index (Phi) is 4.08. The van der Waals surface area contributed by atoms with E-state index >= 15 is 0 Å². The molecule has 3 atom stereocenters. The molecule has 2 saturated heterocycles. The van der Waals surface area contributed by atoms with Gasteiger partial charge >= 0.3 is 0 Å². The summed E-state index contributed by atoms with van der Waals surface area (Å²) in [6.07, 6.45) is 2.98. The zero-order valence-electron chi connectivity index (χ0n) is 11.3. The van der Waals surface area contributed by atoms with Gasteiger partial charge in [0.05, 0.1) is 25.4 Å². The highest BCUT2D eigenvalue weighted by Gasteiger charge is 2.40. The number of hydrogen-bond donors (Lipinski definition) is 1. The van der Waals surface area contributed by atoms with Crippen LogP contribution in [0.2, 0.25) is 0 Å². The maximum absolute atomic E-state index is 6.00. The van der Waals surface area contributed by atoms with Crippen LogP contribution in [0, 0.1) is 0 Å². The van der Waals surface area contributed by atoms with Crippen molar-refractivity contribution in [2.24, 2.45) is 5.73 Å². The second-order valence-corrected chi connectivity index (χ2v) is 5.92. The molecule has 0 spiro atoms. The molecule has 4 nitrogen and oxygen atoms in total. The third-order valence-electron chi connectivity index (χ3n) is 4.05. The Labute approximate surface area is 104 Å². The molecule has 0 aromatic heterocycles. The molecule has 2 heterocycles. The van der Waals surface area contributed by atoms with Gasteiger partial charge in [0.2, 0.25) is 0 Å². The van der Waals surface area contributed by atoms with E-state index in [9.17, 15) is 0 Å². The summed E-state index contributed by atoms with van der Waals surface area (Å²) >= 11 is 0. The summed E-state index contributed by atoms with van der Waals surface area (Å²) in [7, 11) is 0. The van der Waals surface area contributed by atoms with Crippen molar-refractivity contribution in [3.05, 3.63) is 0 Å². The van der Waals surface area contributed by atoms with Gasteiger partial charge in [-0.15, -0.1) is 0 Å². The molecule has 2 rings (SSSR count). The van der Waals surface area contributed by atoms with E-state index in [4.69, 9.17) is 15.2 Å². The molecule has 2 aliphatic rings. The van der Waals surface area contributed by atoms with Gasteiger partial charge in [0.1, 0.15) is 0 Å². The van der Waals surface area contributed by atoms with Crippen molar-refractivity contribution < 1.29 is 9.47 Å². The van der Waals surface area contributed by atoms with Crippen LogP contribution in [0.1, 0.15) is 33.6 Å². The molecule has 3 unspecified atom stereocenters. The second-order valence-electron chi connectivity index (χ2n) is 5.92. The third-order valence-corrected chi connectivity index (χ3v) is 4.05. The molecule has 2 fully saturated rings. The monoisotopic (exact) mass is 242 g/mol. The SMILES string of the molecule is CC1CCC(C(CN)N2CCOCC2(C)C)O1. The van der Waals surface area contributed by atoms with Crippen molar-refractivity contribution in [2.75, 3.05) is 26.3 Å². The maximum atomic E-state index is 6.00. The first-order valence-electron chi connectivity index (χ1n) is 6.74. The third kappa shape index (κ3) is 2.81. The molecule has 0 aliphatic carbocycles. The van der Waals surface area contributed by atoms with E-state index in [0.29, 0.717) is 24.8 Å². The van der Waals surface area contributed by atoms with Crippen LogP contribution < -0.4 is 5.73 Å². The fraction of sp³-hybridized carbons (Fsp3) is 1.00. The van der Waals surface area contributed by atoms with Crippen molar-refractivity contribution in [3.8, 4) is 0 Å². The highest BCUT2D eigenvalue weighted by molar-refractivity contribution is 4.94. The summed E-state index contributed by atoms with van der Waals surface area (Å²) in [5.74, 6) is 0. The van der Waals surface area contributed by atoms with Crippen LogP contribution in [0.5, 0.6) is 0 Å². The molecule has 100 valence electrons. The molecule has 2 N–H and O–H groups in total. The van der Waals surface area contributed by atoms with Crippen molar-refractivity contribution in [2.45, 2.75) is 57.4 Å². The molecule has 0 aromatic rings. The summed E-state index contributed by atoms with van der Waals surface area (Å²) in [5.41, 5.74) is 6.05. The van der Waals surface area contributed by atoms with Crippen LogP contribution in [0.15, 0.2) is 0 Å². The first kappa shape index (κ1) is 13.3. The fourth-order valence-corrected chi connectivity index (χ4v) is 3.08. The quantitative estimate of drug-likeness (QED) is 0.802. The number of morpholine rings is 1. The van der Waals surface area contributed by atoms with E-state index in [1.165, 1.54) is 0 Å². The van der Waals surface area contributed by atoms with Crippen LogP contribution in [0.3, 0.4) is 0 Å². The standard InChI is InChI=1S/C13H26N2O2/c1-10-4-5-12(17-10)11(8-14)15-6-7-16-9-13(15,2)3/h10-12H,4-9,14H2,1-3H3. The van der Waals surface area contributed by atoms with Gasteiger partial charge in [-0.25, -0.2) is 0 Å². The van der Waals surface area contributed by atoms with Gasteiger partial charge in [-0.05, 0) is 33.6 Å². The number of ether oxygens (including phenoxy) is 2. The van der Waals surface area contributed by atoms with Crippen LogP contribution in [0.25, 0.3) is 0 Å². The summed E-state index contributed by atoms with van der Waals surface area (Å²) < 4.78 is 11.6. The number of rotatable bonds is 3. The summed E-state index contributed by atoms with van der Waals surface area (Å²) in [6, 6.07) is 0.332.